The Labute approximate surface area is 101 Å². The van der Waals surface area contributed by atoms with Crippen molar-refractivity contribution in [3.05, 3.63) is 0 Å². The first-order valence-corrected chi connectivity index (χ1v) is 6.45. The largest absolute Gasteiger partial charge is 0.331 e. The molecule has 0 aromatic rings. The molecule has 5 heteroatoms. The lowest BCUT2D eigenvalue weighted by molar-refractivity contribution is -0.111. The van der Waals surface area contributed by atoms with Crippen molar-refractivity contribution in [2.75, 3.05) is 7.05 Å². The van der Waals surface area contributed by atoms with Crippen molar-refractivity contribution in [1.82, 2.24) is 10.3 Å². The van der Waals surface area contributed by atoms with Gasteiger partial charge in [0.05, 0.1) is 0 Å². The van der Waals surface area contributed by atoms with E-state index in [2.05, 4.69) is 5.43 Å². The number of rotatable bonds is 1. The number of carbonyl (C=O) groups is 1. The third-order valence-corrected chi connectivity index (χ3v) is 5.04. The normalized spacial score (nSPS) is 47.0. The summed E-state index contributed by atoms with van der Waals surface area (Å²) in [6.07, 6.45) is 4.17. The second-order valence-corrected chi connectivity index (χ2v) is 6.17. The first kappa shape index (κ1) is 11.3. The number of carbonyl (C=O) groups excluding carboxylic acids is 1. The first-order valence-electron chi connectivity index (χ1n) is 6.45. The zero-order valence-electron chi connectivity index (χ0n) is 10.2. The average molecular weight is 241 g/mol. The number of nitrogens with two attached hydrogens (primary N) is 1. The minimum absolute atomic E-state index is 0.180. The Kier molecular flexibility index (Phi) is 2.37. The highest BCUT2D eigenvalue weighted by Gasteiger charge is 2.57. The summed E-state index contributed by atoms with van der Waals surface area (Å²) in [5.41, 5.74) is 1.24. The predicted octanol–water partition coefficient (Wildman–Crippen LogP) is 1.42. The molecule has 0 aromatic heterocycles. The molecule has 0 heterocycles. The molecular weight excluding hydrogens is 221 g/mol. The monoisotopic (exact) mass is 241 g/mol. The maximum atomic E-state index is 14.5. The fraction of sp³-hybridized carbons (Fsp3) is 0.917. The molecule has 2 atom stereocenters. The van der Waals surface area contributed by atoms with E-state index < -0.39 is 5.67 Å². The van der Waals surface area contributed by atoms with E-state index in [4.69, 9.17) is 5.84 Å². The van der Waals surface area contributed by atoms with Crippen LogP contribution in [0.4, 0.5) is 9.18 Å². The molecule has 17 heavy (non-hydrogen) atoms. The molecule has 3 N–H and O–H groups in total. The molecule has 0 aromatic carbocycles. The van der Waals surface area contributed by atoms with Crippen LogP contribution >= 0.6 is 0 Å². The van der Waals surface area contributed by atoms with Gasteiger partial charge in [0, 0.05) is 13.1 Å². The molecule has 2 unspecified atom stereocenters. The van der Waals surface area contributed by atoms with Crippen LogP contribution in [-0.2, 0) is 0 Å². The summed E-state index contributed by atoms with van der Waals surface area (Å²) in [5, 5.41) is 0. The van der Waals surface area contributed by atoms with Gasteiger partial charge in [0.1, 0.15) is 5.67 Å². The van der Waals surface area contributed by atoms with E-state index in [9.17, 15) is 9.18 Å². The summed E-state index contributed by atoms with van der Waals surface area (Å²) in [6.45, 7) is 0. The molecule has 0 spiro atoms. The minimum atomic E-state index is -0.937. The van der Waals surface area contributed by atoms with Gasteiger partial charge in [0.15, 0.2) is 0 Å². The van der Waals surface area contributed by atoms with Gasteiger partial charge in [-0.25, -0.2) is 15.0 Å². The molecule has 4 rings (SSSR count). The Hall–Kier alpha value is -0.840. The van der Waals surface area contributed by atoms with E-state index in [1.54, 1.807) is 11.9 Å². The molecule has 4 aliphatic rings. The number of halogens is 1. The van der Waals surface area contributed by atoms with Crippen molar-refractivity contribution in [3.63, 3.8) is 0 Å². The SMILES string of the molecule is CN(C(=O)NN)C1C2CC3CC1CC(F)(C3)C2. The molecule has 0 aliphatic heterocycles. The average Bonchev–Trinajstić information content (AvgIpc) is 2.24. The lowest BCUT2D eigenvalue weighted by Gasteiger charge is -2.58. The van der Waals surface area contributed by atoms with Crippen LogP contribution in [0.5, 0.6) is 0 Å². The highest BCUT2D eigenvalue weighted by atomic mass is 19.1. The third kappa shape index (κ3) is 1.63. The first-order chi connectivity index (χ1) is 8.02. The van der Waals surface area contributed by atoms with Crippen LogP contribution < -0.4 is 11.3 Å². The second kappa shape index (κ2) is 3.57. The number of urea groups is 1. The lowest BCUT2D eigenvalue weighted by atomic mass is 9.52. The number of nitrogens with zero attached hydrogens (tertiary/aromatic N) is 1. The zero-order valence-corrected chi connectivity index (χ0v) is 10.2. The van der Waals surface area contributed by atoms with Crippen molar-refractivity contribution in [2.45, 2.75) is 43.8 Å². The van der Waals surface area contributed by atoms with Crippen molar-refractivity contribution in [2.24, 2.45) is 23.6 Å². The maximum absolute atomic E-state index is 14.5. The van der Waals surface area contributed by atoms with E-state index in [0.717, 1.165) is 19.3 Å². The Bertz CT molecular complexity index is 333. The van der Waals surface area contributed by atoms with Gasteiger partial charge in [-0.15, -0.1) is 0 Å². The maximum Gasteiger partial charge on any atom is 0.331 e. The summed E-state index contributed by atoms with van der Waals surface area (Å²) >= 11 is 0. The molecule has 2 amide bonds. The molecule has 4 fully saturated rings. The number of amides is 2. The summed E-state index contributed by atoms with van der Waals surface area (Å²) in [5.74, 6) is 6.38. The van der Waals surface area contributed by atoms with E-state index in [-0.39, 0.29) is 12.1 Å². The van der Waals surface area contributed by atoms with Crippen LogP contribution in [0.2, 0.25) is 0 Å². The molecule has 0 saturated heterocycles. The van der Waals surface area contributed by atoms with Gasteiger partial charge in [-0.05, 0) is 49.9 Å². The van der Waals surface area contributed by atoms with Crippen LogP contribution in [0.15, 0.2) is 0 Å². The molecular formula is C12H20FN3O. The Morgan fingerprint density at radius 1 is 1.35 bits per heavy atom. The van der Waals surface area contributed by atoms with Crippen molar-refractivity contribution in [1.29, 1.82) is 0 Å². The van der Waals surface area contributed by atoms with E-state index >= 15 is 0 Å². The molecule has 4 aliphatic carbocycles. The molecule has 4 bridgehead atoms. The topological polar surface area (TPSA) is 58.4 Å². The van der Waals surface area contributed by atoms with Gasteiger partial charge in [-0.1, -0.05) is 0 Å². The standard InChI is InChI=1S/C12H20FN3O/c1-16(11(17)15-14)10-8-2-7-3-9(10)6-12(13,4-7)5-8/h7-10H,2-6,14H2,1H3,(H,15,17). The second-order valence-electron chi connectivity index (χ2n) is 6.17. The van der Waals surface area contributed by atoms with Gasteiger partial charge in [-0.2, -0.15) is 0 Å². The molecule has 4 saturated carbocycles. The number of hydrogen-bond donors (Lipinski definition) is 2. The predicted molar refractivity (Wildman–Crippen MR) is 61.7 cm³/mol. The highest BCUT2D eigenvalue weighted by molar-refractivity contribution is 5.73. The summed E-state index contributed by atoms with van der Waals surface area (Å²) in [6, 6.07) is -0.0747. The van der Waals surface area contributed by atoms with Crippen LogP contribution in [-0.4, -0.2) is 29.7 Å². The number of hydrazine groups is 1. The Morgan fingerprint density at radius 3 is 2.41 bits per heavy atom. The van der Waals surface area contributed by atoms with Crippen molar-refractivity contribution in [3.8, 4) is 0 Å². The smallest absolute Gasteiger partial charge is 0.323 e. The molecule has 96 valence electrons. The molecule has 4 nitrogen and oxygen atoms in total. The quantitative estimate of drug-likeness (QED) is 0.414. The van der Waals surface area contributed by atoms with E-state index in [1.165, 1.54) is 0 Å². The highest BCUT2D eigenvalue weighted by Crippen LogP contribution is 2.58. The summed E-state index contributed by atoms with van der Waals surface area (Å²) in [4.78, 5) is 13.3. The van der Waals surface area contributed by atoms with Gasteiger partial charge in [0.25, 0.3) is 0 Å². The summed E-state index contributed by atoms with van der Waals surface area (Å²) in [7, 11) is 1.78. The fourth-order valence-electron chi connectivity index (χ4n) is 4.77. The van der Waals surface area contributed by atoms with Crippen LogP contribution in [0.3, 0.4) is 0 Å². The third-order valence-electron chi connectivity index (χ3n) is 5.04. The number of nitrogens with one attached hydrogen (secondary N) is 1. The Balaban J connectivity index is 1.82. The van der Waals surface area contributed by atoms with Gasteiger partial charge < -0.3 is 4.90 Å². The zero-order chi connectivity index (χ0) is 12.2. The van der Waals surface area contributed by atoms with Crippen molar-refractivity contribution >= 4 is 6.03 Å². The number of alkyl halides is 1. The van der Waals surface area contributed by atoms with Crippen molar-refractivity contribution < 1.29 is 9.18 Å². The van der Waals surface area contributed by atoms with Gasteiger partial charge >= 0.3 is 6.03 Å². The van der Waals surface area contributed by atoms with Crippen LogP contribution in [0, 0.1) is 17.8 Å². The van der Waals surface area contributed by atoms with E-state index in [0.29, 0.717) is 30.6 Å². The number of hydrogen-bond acceptors (Lipinski definition) is 2. The van der Waals surface area contributed by atoms with E-state index in [1.807, 2.05) is 0 Å². The minimum Gasteiger partial charge on any atom is -0.323 e. The molecule has 0 radical (unpaired) electrons. The lowest BCUT2D eigenvalue weighted by Crippen LogP contribution is -2.62. The van der Waals surface area contributed by atoms with Gasteiger partial charge in [-0.3, -0.25) is 5.43 Å². The van der Waals surface area contributed by atoms with Crippen LogP contribution in [0.1, 0.15) is 32.1 Å². The fourth-order valence-corrected chi connectivity index (χ4v) is 4.77. The van der Waals surface area contributed by atoms with Crippen LogP contribution in [0.25, 0.3) is 0 Å². The summed E-state index contributed by atoms with van der Waals surface area (Å²) < 4.78 is 14.5. The van der Waals surface area contributed by atoms with Gasteiger partial charge in [0.2, 0.25) is 0 Å². The Morgan fingerprint density at radius 2 is 1.94 bits per heavy atom.